The van der Waals surface area contributed by atoms with Crippen LogP contribution in [0.4, 0.5) is 0 Å². The summed E-state index contributed by atoms with van der Waals surface area (Å²) in [7, 11) is -3.22. The van der Waals surface area contributed by atoms with Gasteiger partial charge in [0, 0.05) is 18.0 Å². The molecule has 1 aromatic heterocycles. The lowest BCUT2D eigenvalue weighted by molar-refractivity contribution is 0.100. The molecule has 1 heterocycles. The molecule has 0 saturated carbocycles. The Balaban J connectivity index is 2.39. The van der Waals surface area contributed by atoms with Gasteiger partial charge in [0.25, 0.3) is 5.91 Å². The summed E-state index contributed by atoms with van der Waals surface area (Å²) in [6, 6.07) is 9.76. The van der Waals surface area contributed by atoms with Crippen molar-refractivity contribution in [3.05, 3.63) is 59.9 Å². The standard InChI is InChI=1S/C13H13N3O2S/c1-10-2-4-12(5-3-10)19(14,18)16-13(17)11-6-8-15-9-7-11/h2-9H,1H3,(H2,14,16,17,18). The molecule has 0 bridgehead atoms. The van der Waals surface area contributed by atoms with E-state index in [-0.39, 0.29) is 0 Å². The van der Waals surface area contributed by atoms with Crippen molar-refractivity contribution in [2.24, 2.45) is 9.50 Å². The maximum atomic E-state index is 12.3. The first-order chi connectivity index (χ1) is 8.99. The molecular weight excluding hydrogens is 262 g/mol. The van der Waals surface area contributed by atoms with E-state index in [1.165, 1.54) is 24.5 Å². The van der Waals surface area contributed by atoms with Crippen LogP contribution >= 0.6 is 0 Å². The van der Waals surface area contributed by atoms with Crippen LogP contribution in [0, 0.1) is 6.92 Å². The Labute approximate surface area is 111 Å². The number of benzene rings is 1. The molecule has 1 unspecified atom stereocenters. The van der Waals surface area contributed by atoms with Gasteiger partial charge < -0.3 is 0 Å². The molecule has 0 saturated heterocycles. The van der Waals surface area contributed by atoms with Gasteiger partial charge in [0.2, 0.25) is 0 Å². The number of nitrogens with zero attached hydrogens (tertiary/aromatic N) is 2. The maximum absolute atomic E-state index is 12.3. The van der Waals surface area contributed by atoms with Gasteiger partial charge in [0.15, 0.2) is 0 Å². The molecular formula is C13H13N3O2S. The normalized spacial score (nSPS) is 13.6. The number of hydrogen-bond acceptors (Lipinski definition) is 3. The highest BCUT2D eigenvalue weighted by atomic mass is 32.2. The first kappa shape index (κ1) is 13.4. The molecule has 19 heavy (non-hydrogen) atoms. The van der Waals surface area contributed by atoms with Crippen molar-refractivity contribution >= 4 is 15.8 Å². The summed E-state index contributed by atoms with van der Waals surface area (Å²) in [6.07, 6.45) is 2.93. The van der Waals surface area contributed by atoms with E-state index < -0.39 is 15.8 Å². The predicted octanol–water partition coefficient (Wildman–Crippen LogP) is 1.93. The number of aryl methyl sites for hydroxylation is 1. The molecule has 5 nitrogen and oxygen atoms in total. The molecule has 0 aliphatic heterocycles. The van der Waals surface area contributed by atoms with Crippen LogP contribution < -0.4 is 5.14 Å². The zero-order valence-electron chi connectivity index (χ0n) is 10.3. The molecule has 2 rings (SSSR count). The van der Waals surface area contributed by atoms with Crippen molar-refractivity contribution in [3.8, 4) is 0 Å². The largest absolute Gasteiger partial charge is 0.286 e. The Morgan fingerprint density at radius 3 is 2.32 bits per heavy atom. The molecule has 1 aromatic carbocycles. The Morgan fingerprint density at radius 1 is 1.16 bits per heavy atom. The van der Waals surface area contributed by atoms with Crippen LogP contribution in [0.25, 0.3) is 0 Å². The first-order valence-electron chi connectivity index (χ1n) is 5.55. The zero-order chi connectivity index (χ0) is 13.9. The van der Waals surface area contributed by atoms with Crippen LogP contribution in [-0.2, 0) is 9.92 Å². The van der Waals surface area contributed by atoms with E-state index in [1.807, 2.05) is 6.92 Å². The Morgan fingerprint density at radius 2 is 1.74 bits per heavy atom. The SMILES string of the molecule is Cc1ccc(S(N)(=O)=NC(=O)c2ccncc2)cc1. The number of carbonyl (C=O) groups excluding carboxylic acids is 1. The van der Waals surface area contributed by atoms with Crippen LogP contribution in [0.15, 0.2) is 58.1 Å². The molecule has 0 aliphatic rings. The van der Waals surface area contributed by atoms with E-state index in [9.17, 15) is 9.00 Å². The van der Waals surface area contributed by atoms with E-state index in [0.29, 0.717) is 10.5 Å². The van der Waals surface area contributed by atoms with Crippen molar-refractivity contribution < 1.29 is 9.00 Å². The first-order valence-corrected chi connectivity index (χ1v) is 7.13. The highest BCUT2D eigenvalue weighted by Crippen LogP contribution is 2.12. The van der Waals surface area contributed by atoms with Crippen molar-refractivity contribution in [1.82, 2.24) is 4.98 Å². The van der Waals surface area contributed by atoms with Crippen molar-refractivity contribution in [2.45, 2.75) is 11.8 Å². The summed E-state index contributed by atoms with van der Waals surface area (Å²) in [5.74, 6) is -0.615. The fourth-order valence-corrected chi connectivity index (χ4v) is 2.44. The molecule has 98 valence electrons. The Hall–Kier alpha value is -2.05. The van der Waals surface area contributed by atoms with Crippen LogP contribution in [0.5, 0.6) is 0 Å². The van der Waals surface area contributed by atoms with E-state index in [1.54, 1.807) is 24.3 Å². The molecule has 6 heteroatoms. The highest BCUT2D eigenvalue weighted by Gasteiger charge is 2.11. The number of hydrogen-bond donors (Lipinski definition) is 1. The van der Waals surface area contributed by atoms with Gasteiger partial charge in [0.1, 0.15) is 9.92 Å². The summed E-state index contributed by atoms with van der Waals surface area (Å²) in [5, 5.41) is 5.65. The second-order valence-electron chi connectivity index (χ2n) is 4.01. The third kappa shape index (κ3) is 3.24. The van der Waals surface area contributed by atoms with Crippen LogP contribution in [0.2, 0.25) is 0 Å². The highest BCUT2D eigenvalue weighted by molar-refractivity contribution is 7.91. The Kier molecular flexibility index (Phi) is 3.73. The van der Waals surface area contributed by atoms with Crippen LogP contribution in [0.1, 0.15) is 15.9 Å². The van der Waals surface area contributed by atoms with Crippen LogP contribution in [0.3, 0.4) is 0 Å². The van der Waals surface area contributed by atoms with Gasteiger partial charge in [0.05, 0.1) is 4.90 Å². The predicted molar refractivity (Wildman–Crippen MR) is 72.8 cm³/mol. The summed E-state index contributed by atoms with van der Waals surface area (Å²) in [5.41, 5.74) is 1.32. The second kappa shape index (κ2) is 5.29. The van der Waals surface area contributed by atoms with Gasteiger partial charge in [-0.05, 0) is 31.2 Å². The molecule has 1 amide bonds. The lowest BCUT2D eigenvalue weighted by atomic mass is 10.2. The van der Waals surface area contributed by atoms with Crippen LogP contribution in [-0.4, -0.2) is 15.1 Å². The van der Waals surface area contributed by atoms with E-state index in [2.05, 4.69) is 9.35 Å². The maximum Gasteiger partial charge on any atom is 0.286 e. The van der Waals surface area contributed by atoms with Gasteiger partial charge in [-0.2, -0.15) is 0 Å². The zero-order valence-corrected chi connectivity index (χ0v) is 11.1. The minimum atomic E-state index is -3.22. The van der Waals surface area contributed by atoms with Gasteiger partial charge in [-0.25, -0.2) is 9.35 Å². The average Bonchev–Trinajstić information content (AvgIpc) is 2.40. The number of aromatic nitrogens is 1. The van der Waals surface area contributed by atoms with Gasteiger partial charge >= 0.3 is 0 Å². The quantitative estimate of drug-likeness (QED) is 0.908. The van der Waals surface area contributed by atoms with Gasteiger partial charge in [-0.3, -0.25) is 9.78 Å². The third-order valence-electron chi connectivity index (χ3n) is 2.50. The minimum absolute atomic E-state index is 0.306. The van der Waals surface area contributed by atoms with E-state index >= 15 is 0 Å². The van der Waals surface area contributed by atoms with Crippen molar-refractivity contribution in [2.75, 3.05) is 0 Å². The Bertz CT molecular complexity index is 702. The number of nitrogens with two attached hydrogens (primary N) is 1. The topological polar surface area (TPSA) is 85.4 Å². The summed E-state index contributed by atoms with van der Waals surface area (Å²) < 4.78 is 15.9. The fraction of sp³-hybridized carbons (Fsp3) is 0.0769. The summed E-state index contributed by atoms with van der Waals surface area (Å²) >= 11 is 0. The summed E-state index contributed by atoms with van der Waals surface area (Å²) in [6.45, 7) is 1.90. The monoisotopic (exact) mass is 275 g/mol. The molecule has 0 fully saturated rings. The fourth-order valence-electron chi connectivity index (χ4n) is 1.46. The molecule has 0 aliphatic carbocycles. The van der Waals surface area contributed by atoms with Crippen molar-refractivity contribution in [3.63, 3.8) is 0 Å². The smallest absolute Gasteiger partial charge is 0.266 e. The molecule has 2 aromatic rings. The lowest BCUT2D eigenvalue weighted by Crippen LogP contribution is -2.15. The lowest BCUT2D eigenvalue weighted by Gasteiger charge is -2.04. The summed E-state index contributed by atoms with van der Waals surface area (Å²) in [4.78, 5) is 16.0. The van der Waals surface area contributed by atoms with E-state index in [4.69, 9.17) is 5.14 Å². The molecule has 1 atom stereocenters. The molecule has 2 N–H and O–H groups in total. The number of carbonyl (C=O) groups is 1. The number of amides is 1. The number of pyridine rings is 1. The number of rotatable bonds is 2. The van der Waals surface area contributed by atoms with E-state index in [0.717, 1.165) is 5.56 Å². The minimum Gasteiger partial charge on any atom is -0.266 e. The second-order valence-corrected chi connectivity index (χ2v) is 5.81. The third-order valence-corrected chi connectivity index (χ3v) is 3.89. The van der Waals surface area contributed by atoms with Gasteiger partial charge in [-0.15, -0.1) is 4.36 Å². The average molecular weight is 275 g/mol. The molecule has 0 spiro atoms. The molecule has 0 radical (unpaired) electrons. The van der Waals surface area contributed by atoms with Gasteiger partial charge in [-0.1, -0.05) is 17.7 Å². The van der Waals surface area contributed by atoms with Crippen molar-refractivity contribution in [1.29, 1.82) is 0 Å².